The molecule has 0 saturated carbocycles. The van der Waals surface area contributed by atoms with E-state index in [-0.39, 0.29) is 5.57 Å². The number of esters is 2. The van der Waals surface area contributed by atoms with Gasteiger partial charge in [0.2, 0.25) is 0 Å². The minimum atomic E-state index is -2.65. The molecule has 0 aromatic rings. The lowest BCUT2D eigenvalue weighted by Gasteiger charge is -2.12. The molecule has 0 aliphatic rings. The van der Waals surface area contributed by atoms with Crippen LogP contribution < -0.4 is 0 Å². The van der Waals surface area contributed by atoms with Gasteiger partial charge in [-0.1, -0.05) is 6.58 Å². The summed E-state index contributed by atoms with van der Waals surface area (Å²) in [6, 6.07) is 0. The molecule has 0 atom stereocenters. The van der Waals surface area contributed by atoms with Crippen LogP contribution in [0.25, 0.3) is 0 Å². The van der Waals surface area contributed by atoms with E-state index in [4.69, 9.17) is 10.2 Å². The van der Waals surface area contributed by atoms with Crippen molar-refractivity contribution < 1.29 is 24.5 Å². The zero-order chi connectivity index (χ0) is 9.94. The first kappa shape index (κ1) is 10.8. The van der Waals surface area contributed by atoms with Crippen LogP contribution in [-0.4, -0.2) is 27.9 Å². The fourth-order valence-corrected chi connectivity index (χ4v) is 0.268. The number of aliphatic hydroxyl groups is 2. The highest BCUT2D eigenvalue weighted by Gasteiger charge is 2.30. The average Bonchev–Trinajstić information content (AvgIpc) is 1.85. The monoisotopic (exact) mass is 174 g/mol. The molecule has 0 spiro atoms. The quantitative estimate of drug-likeness (QED) is 0.251. The lowest BCUT2D eigenvalue weighted by atomic mass is 10.3. The summed E-state index contributed by atoms with van der Waals surface area (Å²) in [5.41, 5.74) is 0.00704. The number of carbonyl (C=O) groups excluding carboxylic acids is 2. The molecular formula is C7H10O5. The molecule has 0 unspecified atom stereocenters. The maximum Gasteiger partial charge on any atom is 0.373 e. The van der Waals surface area contributed by atoms with Gasteiger partial charge in [0.1, 0.15) is 0 Å². The van der Waals surface area contributed by atoms with Gasteiger partial charge in [0, 0.05) is 12.5 Å². The summed E-state index contributed by atoms with van der Waals surface area (Å²) in [6.07, 6.45) is 0. The Morgan fingerprint density at radius 2 is 1.83 bits per heavy atom. The standard InChI is InChI=1S/C7H10O5/c1-4(2)5(8)12-6(9)7(3,10)11/h10-11H,1H2,2-3H3. The number of hydrogen-bond donors (Lipinski definition) is 2. The second-order valence-corrected chi connectivity index (χ2v) is 2.48. The summed E-state index contributed by atoms with van der Waals surface area (Å²) >= 11 is 0. The van der Waals surface area contributed by atoms with Gasteiger partial charge >= 0.3 is 11.9 Å². The Morgan fingerprint density at radius 1 is 1.42 bits per heavy atom. The zero-order valence-corrected chi connectivity index (χ0v) is 6.83. The van der Waals surface area contributed by atoms with Crippen molar-refractivity contribution >= 4 is 11.9 Å². The summed E-state index contributed by atoms with van der Waals surface area (Å²) in [5.74, 6) is -5.05. The van der Waals surface area contributed by atoms with E-state index in [0.29, 0.717) is 0 Å². The van der Waals surface area contributed by atoms with E-state index >= 15 is 0 Å². The molecule has 0 aromatic carbocycles. The zero-order valence-electron chi connectivity index (χ0n) is 6.83. The van der Waals surface area contributed by atoms with Crippen LogP contribution in [0.15, 0.2) is 12.2 Å². The first-order valence-electron chi connectivity index (χ1n) is 3.12. The Kier molecular flexibility index (Phi) is 3.12. The Morgan fingerprint density at radius 3 is 2.08 bits per heavy atom. The highest BCUT2D eigenvalue weighted by molar-refractivity contribution is 5.96. The van der Waals surface area contributed by atoms with Crippen molar-refractivity contribution in [1.29, 1.82) is 0 Å². The van der Waals surface area contributed by atoms with Gasteiger partial charge in [-0.05, 0) is 6.92 Å². The topological polar surface area (TPSA) is 83.8 Å². The third-order valence-corrected chi connectivity index (χ3v) is 0.921. The van der Waals surface area contributed by atoms with Crippen LogP contribution in [0.3, 0.4) is 0 Å². The lowest BCUT2D eigenvalue weighted by Crippen LogP contribution is -2.37. The molecule has 0 saturated heterocycles. The Labute approximate surface area is 69.3 Å². The number of carbonyl (C=O) groups is 2. The van der Waals surface area contributed by atoms with Gasteiger partial charge in [0.15, 0.2) is 0 Å². The summed E-state index contributed by atoms with van der Waals surface area (Å²) in [7, 11) is 0. The summed E-state index contributed by atoms with van der Waals surface area (Å²) in [5, 5.41) is 17.2. The molecule has 0 aromatic heterocycles. The van der Waals surface area contributed by atoms with Crippen molar-refractivity contribution in [2.24, 2.45) is 0 Å². The van der Waals surface area contributed by atoms with Crippen molar-refractivity contribution in [3.05, 3.63) is 12.2 Å². The van der Waals surface area contributed by atoms with Crippen LogP contribution in [0, 0.1) is 0 Å². The highest BCUT2D eigenvalue weighted by Crippen LogP contribution is 2.02. The Balaban J connectivity index is 4.21. The molecule has 0 bridgehead atoms. The lowest BCUT2D eigenvalue weighted by molar-refractivity contribution is -0.203. The van der Waals surface area contributed by atoms with Gasteiger partial charge in [-0.15, -0.1) is 0 Å². The van der Waals surface area contributed by atoms with E-state index in [9.17, 15) is 9.59 Å². The SMILES string of the molecule is C=C(C)C(=O)OC(=O)C(C)(O)O. The third-order valence-electron chi connectivity index (χ3n) is 0.921. The smallest absolute Gasteiger partial charge is 0.373 e. The van der Waals surface area contributed by atoms with E-state index in [1.165, 1.54) is 6.92 Å². The molecule has 0 heterocycles. The van der Waals surface area contributed by atoms with Crippen LogP contribution in [0.5, 0.6) is 0 Å². The molecule has 0 fully saturated rings. The average molecular weight is 174 g/mol. The second-order valence-electron chi connectivity index (χ2n) is 2.48. The molecule has 68 valence electrons. The minimum absolute atomic E-state index is 0.00704. The maximum absolute atomic E-state index is 10.6. The van der Waals surface area contributed by atoms with E-state index in [1.807, 2.05) is 0 Å². The van der Waals surface area contributed by atoms with Crippen molar-refractivity contribution in [1.82, 2.24) is 0 Å². The van der Waals surface area contributed by atoms with Gasteiger partial charge in [0.05, 0.1) is 0 Å². The van der Waals surface area contributed by atoms with Gasteiger partial charge < -0.3 is 14.9 Å². The predicted octanol–water partition coefficient (Wildman–Crippen LogP) is -0.667. The van der Waals surface area contributed by atoms with Crippen molar-refractivity contribution in [3.63, 3.8) is 0 Å². The summed E-state index contributed by atoms with van der Waals surface area (Å²) < 4.78 is 4.00. The molecule has 0 aliphatic heterocycles. The normalized spacial score (nSPS) is 10.7. The first-order valence-corrected chi connectivity index (χ1v) is 3.12. The van der Waals surface area contributed by atoms with Crippen LogP contribution in [0.2, 0.25) is 0 Å². The van der Waals surface area contributed by atoms with Crippen LogP contribution in [-0.2, 0) is 14.3 Å². The van der Waals surface area contributed by atoms with Crippen LogP contribution in [0.1, 0.15) is 13.8 Å². The molecule has 12 heavy (non-hydrogen) atoms. The van der Waals surface area contributed by atoms with Crippen molar-refractivity contribution in [2.45, 2.75) is 19.6 Å². The minimum Gasteiger partial charge on any atom is -0.386 e. The van der Waals surface area contributed by atoms with E-state index in [1.54, 1.807) is 0 Å². The molecule has 2 N–H and O–H groups in total. The highest BCUT2D eigenvalue weighted by atomic mass is 16.6. The summed E-state index contributed by atoms with van der Waals surface area (Å²) in [4.78, 5) is 21.2. The number of rotatable bonds is 2. The third kappa shape index (κ3) is 3.27. The summed E-state index contributed by atoms with van der Waals surface area (Å²) in [6.45, 7) is 5.33. The molecule has 0 amide bonds. The number of hydrogen-bond acceptors (Lipinski definition) is 5. The molecular weight excluding hydrogens is 164 g/mol. The number of ether oxygens (including phenoxy) is 1. The predicted molar refractivity (Wildman–Crippen MR) is 38.8 cm³/mol. The molecule has 5 heteroatoms. The van der Waals surface area contributed by atoms with Gasteiger partial charge in [-0.25, -0.2) is 9.59 Å². The Bertz CT molecular complexity index is 222. The van der Waals surface area contributed by atoms with E-state index < -0.39 is 17.7 Å². The molecule has 5 nitrogen and oxygen atoms in total. The van der Waals surface area contributed by atoms with E-state index in [2.05, 4.69) is 11.3 Å². The van der Waals surface area contributed by atoms with Gasteiger partial charge in [-0.3, -0.25) is 0 Å². The van der Waals surface area contributed by atoms with Crippen molar-refractivity contribution in [3.8, 4) is 0 Å². The molecule has 0 radical (unpaired) electrons. The van der Waals surface area contributed by atoms with Crippen LogP contribution >= 0.6 is 0 Å². The van der Waals surface area contributed by atoms with E-state index in [0.717, 1.165) is 6.92 Å². The van der Waals surface area contributed by atoms with Gasteiger partial charge in [-0.2, -0.15) is 0 Å². The Hall–Kier alpha value is -1.20. The largest absolute Gasteiger partial charge is 0.386 e. The van der Waals surface area contributed by atoms with Crippen LogP contribution in [0.4, 0.5) is 0 Å². The van der Waals surface area contributed by atoms with Crippen molar-refractivity contribution in [2.75, 3.05) is 0 Å². The van der Waals surface area contributed by atoms with Gasteiger partial charge in [0.25, 0.3) is 5.79 Å². The fourth-order valence-electron chi connectivity index (χ4n) is 0.268. The molecule has 0 rings (SSSR count). The fraction of sp³-hybridized carbons (Fsp3) is 0.429. The molecule has 0 aliphatic carbocycles. The first-order chi connectivity index (χ1) is 5.25. The second kappa shape index (κ2) is 3.46. The maximum atomic E-state index is 10.6.